The summed E-state index contributed by atoms with van der Waals surface area (Å²) in [6, 6.07) is 10.3. The minimum atomic E-state index is -0.0847. The van der Waals surface area contributed by atoms with Crippen LogP contribution in [0.5, 0.6) is 0 Å². The van der Waals surface area contributed by atoms with Crippen molar-refractivity contribution in [1.82, 2.24) is 0 Å². The molecule has 0 bridgehead atoms. The second-order valence-corrected chi connectivity index (χ2v) is 4.41. The summed E-state index contributed by atoms with van der Waals surface area (Å²) in [7, 11) is 0. The van der Waals surface area contributed by atoms with E-state index < -0.39 is 0 Å². The van der Waals surface area contributed by atoms with Crippen LogP contribution in [0.15, 0.2) is 24.3 Å². The number of benzene rings is 1. The highest BCUT2D eigenvalue weighted by Gasteiger charge is 2.07. The summed E-state index contributed by atoms with van der Waals surface area (Å²) < 4.78 is 0. The lowest BCUT2D eigenvalue weighted by Gasteiger charge is -2.14. The van der Waals surface area contributed by atoms with E-state index in [2.05, 4.69) is 17.6 Å². The van der Waals surface area contributed by atoms with Crippen molar-refractivity contribution in [2.45, 2.75) is 19.4 Å². The van der Waals surface area contributed by atoms with Crippen molar-refractivity contribution in [1.29, 1.82) is 5.26 Å². The third-order valence-corrected chi connectivity index (χ3v) is 2.89. The molecule has 0 radical (unpaired) electrons. The monoisotopic (exact) mass is 220 g/mol. The highest BCUT2D eigenvalue weighted by molar-refractivity contribution is 7.98. The first-order valence-electron chi connectivity index (χ1n) is 4.98. The summed E-state index contributed by atoms with van der Waals surface area (Å²) >= 11 is 1.77. The van der Waals surface area contributed by atoms with E-state index in [1.807, 2.05) is 31.2 Å². The van der Waals surface area contributed by atoms with E-state index >= 15 is 0 Å². The molecule has 0 aliphatic carbocycles. The summed E-state index contributed by atoms with van der Waals surface area (Å²) in [6.07, 6.45) is 2.94. The summed E-state index contributed by atoms with van der Waals surface area (Å²) in [5.41, 5.74) is 2.24. The van der Waals surface area contributed by atoms with Gasteiger partial charge in [-0.2, -0.15) is 17.0 Å². The van der Waals surface area contributed by atoms with Crippen molar-refractivity contribution in [3.63, 3.8) is 0 Å². The Balaban J connectivity index is 2.60. The minimum Gasteiger partial charge on any atom is -0.370 e. The van der Waals surface area contributed by atoms with Crippen molar-refractivity contribution in [2.24, 2.45) is 0 Å². The smallest absolute Gasteiger partial charge is 0.115 e. The van der Waals surface area contributed by atoms with Crippen molar-refractivity contribution in [3.8, 4) is 6.07 Å². The van der Waals surface area contributed by atoms with Crippen LogP contribution in [0.4, 0.5) is 5.69 Å². The molecule has 2 nitrogen and oxygen atoms in total. The number of thioether (sulfide) groups is 1. The Kier molecular flexibility index (Phi) is 5.06. The molecular formula is C12H16N2S. The number of hydrogen-bond acceptors (Lipinski definition) is 3. The lowest BCUT2D eigenvalue weighted by Crippen LogP contribution is -2.18. The van der Waals surface area contributed by atoms with Crippen LogP contribution >= 0.6 is 11.8 Å². The highest BCUT2D eigenvalue weighted by Crippen LogP contribution is 2.15. The maximum Gasteiger partial charge on any atom is 0.115 e. The molecule has 1 aromatic rings. The Bertz CT molecular complexity index is 344. The van der Waals surface area contributed by atoms with Crippen LogP contribution < -0.4 is 5.32 Å². The normalized spacial score (nSPS) is 11.8. The number of aryl methyl sites for hydroxylation is 1. The molecule has 0 heterocycles. The van der Waals surface area contributed by atoms with E-state index in [1.165, 1.54) is 5.56 Å². The topological polar surface area (TPSA) is 35.8 Å². The SMILES string of the molecule is CSCCC(C#N)Nc1ccccc1C. The van der Waals surface area contributed by atoms with Gasteiger partial charge in [0.15, 0.2) is 0 Å². The van der Waals surface area contributed by atoms with Gasteiger partial charge in [0, 0.05) is 5.69 Å². The zero-order valence-electron chi connectivity index (χ0n) is 9.16. The number of hydrogen-bond donors (Lipinski definition) is 1. The Morgan fingerprint density at radius 1 is 1.47 bits per heavy atom. The Morgan fingerprint density at radius 3 is 2.80 bits per heavy atom. The fourth-order valence-electron chi connectivity index (χ4n) is 1.33. The van der Waals surface area contributed by atoms with Crippen LogP contribution in [0.25, 0.3) is 0 Å². The van der Waals surface area contributed by atoms with Gasteiger partial charge in [0.1, 0.15) is 6.04 Å². The van der Waals surface area contributed by atoms with Crippen molar-refractivity contribution in [3.05, 3.63) is 29.8 Å². The molecule has 1 rings (SSSR count). The molecule has 0 aromatic heterocycles. The van der Waals surface area contributed by atoms with Gasteiger partial charge in [-0.3, -0.25) is 0 Å². The van der Waals surface area contributed by atoms with Gasteiger partial charge in [-0.1, -0.05) is 18.2 Å². The Hall–Kier alpha value is -1.14. The lowest BCUT2D eigenvalue weighted by atomic mass is 10.1. The van der Waals surface area contributed by atoms with Crippen LogP contribution in [0.3, 0.4) is 0 Å². The van der Waals surface area contributed by atoms with Crippen molar-refractivity contribution in [2.75, 3.05) is 17.3 Å². The lowest BCUT2D eigenvalue weighted by molar-refractivity contribution is 0.854. The first-order valence-corrected chi connectivity index (χ1v) is 6.38. The van der Waals surface area contributed by atoms with Gasteiger partial charge < -0.3 is 5.32 Å². The molecule has 0 saturated carbocycles. The first-order chi connectivity index (χ1) is 7.27. The van der Waals surface area contributed by atoms with E-state index in [4.69, 9.17) is 5.26 Å². The molecule has 80 valence electrons. The quantitative estimate of drug-likeness (QED) is 0.828. The summed E-state index contributed by atoms with van der Waals surface area (Å²) in [6.45, 7) is 2.05. The summed E-state index contributed by atoms with van der Waals surface area (Å²) in [4.78, 5) is 0. The van der Waals surface area contributed by atoms with Gasteiger partial charge in [-0.05, 0) is 37.0 Å². The first kappa shape index (κ1) is 11.9. The van der Waals surface area contributed by atoms with E-state index in [1.54, 1.807) is 11.8 Å². The third-order valence-electron chi connectivity index (χ3n) is 2.24. The molecule has 0 spiro atoms. The van der Waals surface area contributed by atoms with Crippen LogP contribution in [0, 0.1) is 18.3 Å². The summed E-state index contributed by atoms with van der Waals surface area (Å²) in [5.74, 6) is 1.01. The molecule has 0 fully saturated rings. The Labute approximate surface area is 95.7 Å². The van der Waals surface area contributed by atoms with Crippen molar-refractivity contribution < 1.29 is 0 Å². The van der Waals surface area contributed by atoms with Crippen LogP contribution in [0.2, 0.25) is 0 Å². The van der Waals surface area contributed by atoms with Gasteiger partial charge in [-0.15, -0.1) is 0 Å². The Morgan fingerprint density at radius 2 is 2.20 bits per heavy atom. The molecule has 1 aromatic carbocycles. The zero-order valence-corrected chi connectivity index (χ0v) is 9.97. The number of rotatable bonds is 5. The van der Waals surface area contributed by atoms with E-state index in [0.29, 0.717) is 0 Å². The predicted molar refractivity (Wildman–Crippen MR) is 67.2 cm³/mol. The summed E-state index contributed by atoms with van der Waals surface area (Å²) in [5, 5.41) is 12.2. The highest BCUT2D eigenvalue weighted by atomic mass is 32.2. The fourth-order valence-corrected chi connectivity index (χ4v) is 1.80. The number of para-hydroxylation sites is 1. The largest absolute Gasteiger partial charge is 0.370 e. The molecule has 1 atom stereocenters. The second-order valence-electron chi connectivity index (χ2n) is 3.42. The molecule has 0 saturated heterocycles. The molecule has 0 amide bonds. The maximum atomic E-state index is 8.98. The standard InChI is InChI=1S/C12H16N2S/c1-10-5-3-4-6-12(10)14-11(9-13)7-8-15-2/h3-6,11,14H,7-8H2,1-2H3. The number of nitrogens with zero attached hydrogens (tertiary/aromatic N) is 1. The van der Waals surface area contributed by atoms with E-state index in [0.717, 1.165) is 17.9 Å². The third kappa shape index (κ3) is 3.85. The van der Waals surface area contributed by atoms with E-state index in [-0.39, 0.29) is 6.04 Å². The van der Waals surface area contributed by atoms with Crippen molar-refractivity contribution >= 4 is 17.4 Å². The molecule has 1 unspecified atom stereocenters. The number of anilines is 1. The minimum absolute atomic E-state index is 0.0847. The zero-order chi connectivity index (χ0) is 11.1. The number of nitrogens with one attached hydrogen (secondary N) is 1. The van der Waals surface area contributed by atoms with E-state index in [9.17, 15) is 0 Å². The molecule has 1 N–H and O–H groups in total. The molecular weight excluding hydrogens is 204 g/mol. The van der Waals surface area contributed by atoms with Crippen LogP contribution in [0.1, 0.15) is 12.0 Å². The maximum absolute atomic E-state index is 8.98. The van der Waals surface area contributed by atoms with Gasteiger partial charge in [0.25, 0.3) is 0 Å². The van der Waals surface area contributed by atoms with Gasteiger partial charge >= 0.3 is 0 Å². The average molecular weight is 220 g/mol. The molecule has 0 aliphatic rings. The van der Waals surface area contributed by atoms with Crippen LogP contribution in [-0.4, -0.2) is 18.1 Å². The molecule has 0 aliphatic heterocycles. The number of nitriles is 1. The van der Waals surface area contributed by atoms with Gasteiger partial charge in [-0.25, -0.2) is 0 Å². The predicted octanol–water partition coefficient (Wildman–Crippen LogP) is 3.05. The average Bonchev–Trinajstić information content (AvgIpc) is 2.26. The second kappa shape index (κ2) is 6.36. The molecule has 15 heavy (non-hydrogen) atoms. The fraction of sp³-hybridized carbons (Fsp3) is 0.417. The van der Waals surface area contributed by atoms with Gasteiger partial charge in [0.05, 0.1) is 6.07 Å². The van der Waals surface area contributed by atoms with Gasteiger partial charge in [0.2, 0.25) is 0 Å². The molecule has 3 heteroatoms. The van der Waals surface area contributed by atoms with Crippen LogP contribution in [-0.2, 0) is 0 Å².